The van der Waals surface area contributed by atoms with Crippen molar-refractivity contribution in [1.82, 2.24) is 0 Å². The molecule has 1 aromatic carbocycles. The molecule has 0 amide bonds. The van der Waals surface area contributed by atoms with Crippen LogP contribution in [0.4, 0.5) is 0 Å². The van der Waals surface area contributed by atoms with E-state index in [1.807, 2.05) is 18.2 Å². The van der Waals surface area contributed by atoms with Crippen molar-refractivity contribution in [3.63, 3.8) is 0 Å². The normalized spacial score (nSPS) is 11.4. The van der Waals surface area contributed by atoms with E-state index < -0.39 is 0 Å². The predicted octanol–water partition coefficient (Wildman–Crippen LogP) is 3.04. The summed E-state index contributed by atoms with van der Waals surface area (Å²) in [5.74, 6) is 0.354. The van der Waals surface area contributed by atoms with E-state index in [2.05, 4.69) is 18.2 Å². The molecule has 0 aromatic heterocycles. The molecule has 0 unspecified atom stereocenters. The highest BCUT2D eigenvalue weighted by molar-refractivity contribution is 5.90. The van der Waals surface area contributed by atoms with Crippen LogP contribution >= 0.6 is 0 Å². The van der Waals surface area contributed by atoms with Crippen LogP contribution in [0.5, 0.6) is 5.75 Å². The van der Waals surface area contributed by atoms with Crippen LogP contribution in [-0.2, 0) is 0 Å². The maximum absolute atomic E-state index is 9.58. The van der Waals surface area contributed by atoms with Gasteiger partial charge in [0.1, 0.15) is 5.75 Å². The molecule has 0 fully saturated rings. The first kappa shape index (κ1) is 6.72. The molecule has 0 heterocycles. The second kappa shape index (κ2) is 2.13. The molecule has 0 spiro atoms. The van der Waals surface area contributed by atoms with Crippen LogP contribution in [0.25, 0.3) is 22.3 Å². The summed E-state index contributed by atoms with van der Waals surface area (Å²) in [4.78, 5) is 0. The van der Waals surface area contributed by atoms with E-state index >= 15 is 0 Å². The monoisotopic (exact) mass is 168 g/mol. The molecular weight excluding hydrogens is 160 g/mol. The Labute approximate surface area is 76.3 Å². The molecule has 0 saturated heterocycles. The van der Waals surface area contributed by atoms with Gasteiger partial charge in [0, 0.05) is 5.56 Å². The second-order valence-electron chi connectivity index (χ2n) is 3.32. The van der Waals surface area contributed by atoms with Crippen molar-refractivity contribution < 1.29 is 5.11 Å². The highest BCUT2D eigenvalue weighted by Crippen LogP contribution is 2.42. The van der Waals surface area contributed by atoms with Crippen LogP contribution < -0.4 is 0 Å². The molecule has 2 aliphatic carbocycles. The van der Waals surface area contributed by atoms with Crippen LogP contribution in [0.3, 0.4) is 0 Å². The molecular formula is C12H8O. The minimum absolute atomic E-state index is 0.354. The standard InChI is InChI=1S/C12H8O/c13-12-4-2-1-3-11(12)10-6-8-5-9(8)7-10/h1-7,13H. The lowest BCUT2D eigenvalue weighted by Gasteiger charge is -2.00. The van der Waals surface area contributed by atoms with Gasteiger partial charge < -0.3 is 5.11 Å². The third-order valence-electron chi connectivity index (χ3n) is 2.40. The molecule has 1 N–H and O–H groups in total. The number of phenolic OH excluding ortho intramolecular Hbond substituents is 1. The number of fused-ring (bicyclic) bond motifs is 1. The van der Waals surface area contributed by atoms with Crippen molar-refractivity contribution in [1.29, 1.82) is 0 Å². The molecule has 0 saturated carbocycles. The van der Waals surface area contributed by atoms with Crippen molar-refractivity contribution in [2.24, 2.45) is 0 Å². The summed E-state index contributed by atoms with van der Waals surface area (Å²) in [5.41, 5.74) is 4.64. The van der Waals surface area contributed by atoms with E-state index in [-0.39, 0.29) is 0 Å². The number of para-hydroxylation sites is 1. The SMILES string of the molecule is Oc1ccccc1-c1cc2cc-2c1. The van der Waals surface area contributed by atoms with Gasteiger partial charge in [-0.05, 0) is 41.0 Å². The molecule has 62 valence electrons. The highest BCUT2D eigenvalue weighted by atomic mass is 16.3. The Hall–Kier alpha value is -1.76. The van der Waals surface area contributed by atoms with Gasteiger partial charge >= 0.3 is 0 Å². The molecule has 1 aromatic rings. The van der Waals surface area contributed by atoms with E-state index in [0.29, 0.717) is 5.75 Å². The van der Waals surface area contributed by atoms with E-state index in [9.17, 15) is 5.11 Å². The van der Waals surface area contributed by atoms with Crippen LogP contribution in [0.1, 0.15) is 0 Å². The zero-order valence-electron chi connectivity index (χ0n) is 6.99. The van der Waals surface area contributed by atoms with Crippen LogP contribution in [0.2, 0.25) is 0 Å². The molecule has 0 atom stereocenters. The lowest BCUT2D eigenvalue weighted by atomic mass is 10.1. The van der Waals surface area contributed by atoms with Crippen molar-refractivity contribution in [3.05, 3.63) is 42.5 Å². The molecule has 0 bridgehead atoms. The van der Waals surface area contributed by atoms with Gasteiger partial charge in [-0.25, -0.2) is 0 Å². The second-order valence-corrected chi connectivity index (χ2v) is 3.32. The summed E-state index contributed by atoms with van der Waals surface area (Å²) >= 11 is 0. The number of rotatable bonds is 1. The number of phenols is 1. The average Bonchev–Trinajstić information content (AvgIpc) is 2.75. The summed E-state index contributed by atoms with van der Waals surface area (Å²) in [6.45, 7) is 0. The van der Waals surface area contributed by atoms with Crippen LogP contribution in [0, 0.1) is 0 Å². The fraction of sp³-hybridized carbons (Fsp3) is 0. The van der Waals surface area contributed by atoms with Crippen LogP contribution in [-0.4, -0.2) is 5.11 Å². The molecule has 0 radical (unpaired) electrons. The average molecular weight is 168 g/mol. The third-order valence-corrected chi connectivity index (χ3v) is 2.40. The van der Waals surface area contributed by atoms with Gasteiger partial charge in [-0.2, -0.15) is 0 Å². The summed E-state index contributed by atoms with van der Waals surface area (Å²) in [6.07, 6.45) is 0. The van der Waals surface area contributed by atoms with E-state index in [0.717, 1.165) is 11.1 Å². The summed E-state index contributed by atoms with van der Waals surface area (Å²) in [5, 5.41) is 9.58. The Bertz CT molecular complexity index is 466. The van der Waals surface area contributed by atoms with Crippen molar-refractivity contribution in [2.45, 2.75) is 0 Å². The van der Waals surface area contributed by atoms with Crippen molar-refractivity contribution >= 4 is 0 Å². The Kier molecular flexibility index (Phi) is 1.10. The molecule has 1 heteroatoms. The Balaban J connectivity index is 2.18. The molecule has 0 aliphatic heterocycles. The zero-order valence-corrected chi connectivity index (χ0v) is 6.99. The Morgan fingerprint density at radius 1 is 0.769 bits per heavy atom. The molecule has 13 heavy (non-hydrogen) atoms. The summed E-state index contributed by atoms with van der Waals surface area (Å²) < 4.78 is 0. The zero-order chi connectivity index (χ0) is 8.84. The number of aromatic hydroxyl groups is 1. The molecule has 3 rings (SSSR count). The third kappa shape index (κ3) is 0.937. The van der Waals surface area contributed by atoms with Gasteiger partial charge in [0.2, 0.25) is 0 Å². The minimum atomic E-state index is 0.354. The fourth-order valence-electron chi connectivity index (χ4n) is 1.63. The fourth-order valence-corrected chi connectivity index (χ4v) is 1.63. The van der Waals surface area contributed by atoms with Gasteiger partial charge in [0.15, 0.2) is 0 Å². The first-order valence-corrected chi connectivity index (χ1v) is 4.28. The van der Waals surface area contributed by atoms with Crippen molar-refractivity contribution in [2.75, 3.05) is 0 Å². The Morgan fingerprint density at radius 2 is 1.38 bits per heavy atom. The van der Waals surface area contributed by atoms with Crippen LogP contribution in [0.15, 0.2) is 42.5 Å². The topological polar surface area (TPSA) is 20.2 Å². The van der Waals surface area contributed by atoms with Crippen molar-refractivity contribution in [3.8, 4) is 28.0 Å². The maximum Gasteiger partial charge on any atom is 0.123 e. The number of hydrogen-bond donors (Lipinski definition) is 1. The molecule has 2 aliphatic rings. The summed E-state index contributed by atoms with van der Waals surface area (Å²) in [7, 11) is 0. The summed E-state index contributed by atoms with van der Waals surface area (Å²) in [6, 6.07) is 13.8. The minimum Gasteiger partial charge on any atom is -0.507 e. The lowest BCUT2D eigenvalue weighted by Crippen LogP contribution is -1.73. The van der Waals surface area contributed by atoms with Gasteiger partial charge in [-0.15, -0.1) is 0 Å². The molecule has 1 nitrogen and oxygen atoms in total. The van der Waals surface area contributed by atoms with Gasteiger partial charge in [0.05, 0.1) is 0 Å². The number of benzene rings is 2. The highest BCUT2D eigenvalue weighted by Gasteiger charge is 2.15. The van der Waals surface area contributed by atoms with E-state index in [1.165, 1.54) is 11.1 Å². The van der Waals surface area contributed by atoms with Gasteiger partial charge in [0.25, 0.3) is 0 Å². The smallest absolute Gasteiger partial charge is 0.123 e. The quantitative estimate of drug-likeness (QED) is 0.592. The number of hydrogen-bond acceptors (Lipinski definition) is 1. The van der Waals surface area contributed by atoms with Gasteiger partial charge in [-0.3, -0.25) is 0 Å². The lowest BCUT2D eigenvalue weighted by molar-refractivity contribution is 0.477. The van der Waals surface area contributed by atoms with Gasteiger partial charge in [-0.1, -0.05) is 18.2 Å². The largest absolute Gasteiger partial charge is 0.507 e. The van der Waals surface area contributed by atoms with E-state index in [1.54, 1.807) is 6.07 Å². The van der Waals surface area contributed by atoms with E-state index in [4.69, 9.17) is 0 Å². The first-order valence-electron chi connectivity index (χ1n) is 4.28. The predicted molar refractivity (Wildman–Crippen MR) is 52.5 cm³/mol. The maximum atomic E-state index is 9.58. The Morgan fingerprint density at radius 3 is 2.08 bits per heavy atom. The first-order chi connectivity index (χ1) is 6.34.